The molecule has 2 heteroatoms. The first-order valence-electron chi connectivity index (χ1n) is 3.75. The number of hydrogen-bond donors (Lipinski definition) is 0. The van der Waals surface area contributed by atoms with Crippen LogP contribution in [0.1, 0.15) is 20.8 Å². The van der Waals surface area contributed by atoms with Gasteiger partial charge in [0.05, 0.1) is 0 Å². The van der Waals surface area contributed by atoms with Crippen molar-refractivity contribution in [3.8, 4) is 0 Å². The Morgan fingerprint density at radius 2 is 1.70 bits per heavy atom. The van der Waals surface area contributed by atoms with Crippen LogP contribution in [0.3, 0.4) is 0 Å². The largest absolute Gasteiger partial charge is 0.352 e. The van der Waals surface area contributed by atoms with Crippen LogP contribution in [-0.2, 0) is 4.74 Å². The Morgan fingerprint density at radius 3 is 1.80 bits per heavy atom. The first-order valence-corrected chi connectivity index (χ1v) is 3.75. The molecule has 0 spiro atoms. The van der Waals surface area contributed by atoms with Gasteiger partial charge >= 0.3 is 0 Å². The van der Waals surface area contributed by atoms with Crippen LogP contribution in [0.2, 0.25) is 0 Å². The van der Waals surface area contributed by atoms with Gasteiger partial charge < -0.3 is 4.74 Å². The van der Waals surface area contributed by atoms with E-state index in [9.17, 15) is 0 Å². The summed E-state index contributed by atoms with van der Waals surface area (Å²) in [7, 11) is 4.10. The lowest BCUT2D eigenvalue weighted by Crippen LogP contribution is -2.24. The second kappa shape index (κ2) is 2.21. The highest BCUT2D eigenvalue weighted by atomic mass is 16.6. The molecule has 0 N–H and O–H groups in total. The Labute approximate surface area is 63.2 Å². The summed E-state index contributed by atoms with van der Waals surface area (Å²) in [4.78, 5) is 2.12. The fraction of sp³-hybridized carbons (Fsp3) is 1.00. The van der Waals surface area contributed by atoms with Gasteiger partial charge in [0.2, 0.25) is 0 Å². The van der Waals surface area contributed by atoms with Crippen LogP contribution < -0.4 is 0 Å². The van der Waals surface area contributed by atoms with Crippen molar-refractivity contribution in [2.24, 2.45) is 5.41 Å². The molecule has 1 aliphatic heterocycles. The minimum absolute atomic E-state index is 0.301. The van der Waals surface area contributed by atoms with E-state index in [1.807, 2.05) is 0 Å². The van der Waals surface area contributed by atoms with Gasteiger partial charge in [-0.2, -0.15) is 0 Å². The predicted octanol–water partition coefficient (Wildman–Crippen LogP) is 1.32. The topological polar surface area (TPSA) is 15.8 Å². The van der Waals surface area contributed by atoms with E-state index in [0.717, 1.165) is 0 Å². The van der Waals surface area contributed by atoms with Gasteiger partial charge in [-0.25, -0.2) is 0 Å². The Kier molecular flexibility index (Phi) is 1.77. The SMILES string of the molecule is CN(C)C1OC1C(C)(C)C. The number of ether oxygens (including phenoxy) is 1. The Morgan fingerprint density at radius 1 is 1.20 bits per heavy atom. The summed E-state index contributed by atoms with van der Waals surface area (Å²) < 4.78 is 5.47. The Bertz CT molecular complexity index is 126. The summed E-state index contributed by atoms with van der Waals surface area (Å²) in [6.45, 7) is 6.63. The van der Waals surface area contributed by atoms with E-state index in [1.165, 1.54) is 0 Å². The smallest absolute Gasteiger partial charge is 0.137 e. The van der Waals surface area contributed by atoms with Crippen molar-refractivity contribution < 1.29 is 4.74 Å². The Balaban J connectivity index is 2.39. The molecule has 2 atom stereocenters. The lowest BCUT2D eigenvalue weighted by molar-refractivity contribution is 0.226. The highest BCUT2D eigenvalue weighted by Crippen LogP contribution is 2.38. The van der Waals surface area contributed by atoms with E-state index >= 15 is 0 Å². The number of likely N-dealkylation sites (N-methyl/N-ethyl adjacent to an activating group) is 1. The van der Waals surface area contributed by atoms with Gasteiger partial charge in [-0.05, 0) is 19.5 Å². The summed E-state index contributed by atoms with van der Waals surface area (Å²) in [6, 6.07) is 0. The van der Waals surface area contributed by atoms with Gasteiger partial charge in [0.25, 0.3) is 0 Å². The summed E-state index contributed by atoms with van der Waals surface area (Å²) >= 11 is 0. The molecule has 1 aliphatic rings. The zero-order valence-corrected chi connectivity index (χ0v) is 7.51. The standard InChI is InChI=1S/C8H17NO/c1-8(2,3)6-7(10-6)9(4)5/h6-7H,1-5H3. The molecule has 0 aromatic heterocycles. The van der Waals surface area contributed by atoms with Crippen LogP contribution in [0.15, 0.2) is 0 Å². The van der Waals surface area contributed by atoms with E-state index < -0.39 is 0 Å². The third-order valence-electron chi connectivity index (χ3n) is 1.83. The van der Waals surface area contributed by atoms with Gasteiger partial charge in [0.15, 0.2) is 0 Å². The van der Waals surface area contributed by atoms with Crippen molar-refractivity contribution in [3.05, 3.63) is 0 Å². The fourth-order valence-electron chi connectivity index (χ4n) is 1.13. The summed E-state index contributed by atoms with van der Waals surface area (Å²) in [5.41, 5.74) is 0.301. The monoisotopic (exact) mass is 143 g/mol. The highest BCUT2D eigenvalue weighted by Gasteiger charge is 2.48. The first kappa shape index (κ1) is 8.02. The third kappa shape index (κ3) is 1.50. The van der Waals surface area contributed by atoms with E-state index in [2.05, 4.69) is 39.8 Å². The van der Waals surface area contributed by atoms with Crippen molar-refractivity contribution in [2.45, 2.75) is 33.1 Å². The first-order chi connectivity index (χ1) is 4.43. The van der Waals surface area contributed by atoms with Gasteiger partial charge in [-0.3, -0.25) is 4.90 Å². The average molecular weight is 143 g/mol. The molecular formula is C8H17NO. The molecule has 0 radical (unpaired) electrons. The fourth-order valence-corrected chi connectivity index (χ4v) is 1.13. The minimum Gasteiger partial charge on any atom is -0.352 e. The molecule has 1 fully saturated rings. The normalized spacial score (nSPS) is 33.0. The van der Waals surface area contributed by atoms with Gasteiger partial charge in [0, 0.05) is 0 Å². The molecule has 1 heterocycles. The minimum atomic E-state index is 0.301. The highest BCUT2D eigenvalue weighted by molar-refractivity contribution is 4.91. The molecule has 60 valence electrons. The molecular weight excluding hydrogens is 126 g/mol. The lowest BCUT2D eigenvalue weighted by Gasteiger charge is -2.15. The quantitative estimate of drug-likeness (QED) is 0.514. The van der Waals surface area contributed by atoms with Crippen molar-refractivity contribution in [2.75, 3.05) is 14.1 Å². The van der Waals surface area contributed by atoms with Crippen molar-refractivity contribution in [3.63, 3.8) is 0 Å². The van der Waals surface area contributed by atoms with Crippen molar-refractivity contribution in [1.82, 2.24) is 4.90 Å². The van der Waals surface area contributed by atoms with E-state index in [4.69, 9.17) is 4.74 Å². The predicted molar refractivity (Wildman–Crippen MR) is 41.8 cm³/mol. The molecule has 1 saturated heterocycles. The summed E-state index contributed by atoms with van der Waals surface area (Å²) in [6.07, 6.45) is 0.794. The van der Waals surface area contributed by atoms with Crippen LogP contribution in [0, 0.1) is 5.41 Å². The lowest BCUT2D eigenvalue weighted by atomic mass is 9.92. The third-order valence-corrected chi connectivity index (χ3v) is 1.83. The molecule has 1 rings (SSSR count). The van der Waals surface area contributed by atoms with Crippen LogP contribution in [0.4, 0.5) is 0 Å². The molecule has 0 aliphatic carbocycles. The number of rotatable bonds is 1. The van der Waals surface area contributed by atoms with E-state index in [1.54, 1.807) is 0 Å². The molecule has 0 bridgehead atoms. The number of nitrogens with zero attached hydrogens (tertiary/aromatic N) is 1. The molecule has 10 heavy (non-hydrogen) atoms. The van der Waals surface area contributed by atoms with E-state index in [0.29, 0.717) is 17.7 Å². The zero-order valence-electron chi connectivity index (χ0n) is 7.51. The van der Waals surface area contributed by atoms with Gasteiger partial charge in [-0.1, -0.05) is 20.8 Å². The van der Waals surface area contributed by atoms with Gasteiger partial charge in [-0.15, -0.1) is 0 Å². The van der Waals surface area contributed by atoms with Crippen LogP contribution in [-0.4, -0.2) is 31.3 Å². The van der Waals surface area contributed by atoms with E-state index in [-0.39, 0.29) is 0 Å². The average Bonchev–Trinajstić information content (AvgIpc) is 2.35. The molecule has 0 amide bonds. The van der Waals surface area contributed by atoms with Crippen LogP contribution in [0.25, 0.3) is 0 Å². The summed E-state index contributed by atoms with van der Waals surface area (Å²) in [5.74, 6) is 0. The van der Waals surface area contributed by atoms with Gasteiger partial charge in [0.1, 0.15) is 12.3 Å². The van der Waals surface area contributed by atoms with Crippen LogP contribution in [0.5, 0.6) is 0 Å². The molecule has 2 unspecified atom stereocenters. The molecule has 0 aromatic rings. The number of epoxide rings is 1. The summed E-state index contributed by atoms with van der Waals surface area (Å²) in [5, 5.41) is 0. The van der Waals surface area contributed by atoms with Crippen LogP contribution >= 0.6 is 0 Å². The Hall–Kier alpha value is -0.0800. The number of hydrogen-bond acceptors (Lipinski definition) is 2. The van der Waals surface area contributed by atoms with Crippen molar-refractivity contribution in [1.29, 1.82) is 0 Å². The zero-order chi connectivity index (χ0) is 7.94. The maximum Gasteiger partial charge on any atom is 0.137 e. The second-order valence-electron chi connectivity index (χ2n) is 4.28. The maximum absolute atomic E-state index is 5.47. The molecule has 0 aromatic carbocycles. The molecule has 2 nitrogen and oxygen atoms in total. The molecule has 0 saturated carbocycles. The maximum atomic E-state index is 5.47. The second-order valence-corrected chi connectivity index (χ2v) is 4.28. The van der Waals surface area contributed by atoms with Crippen molar-refractivity contribution >= 4 is 0 Å².